The minimum atomic E-state index is 0.0635. The minimum Gasteiger partial charge on any atom is -0.338 e. The predicted octanol–water partition coefficient (Wildman–Crippen LogP) is 1.93. The maximum atomic E-state index is 5.62. The summed E-state index contributed by atoms with van der Waals surface area (Å²) in [5.41, 5.74) is 3.98. The maximum Gasteiger partial charge on any atom is 0.110 e. The minimum absolute atomic E-state index is 0.0635. The summed E-state index contributed by atoms with van der Waals surface area (Å²) < 4.78 is 3.05. The molecule has 2 aromatic rings. The van der Waals surface area contributed by atoms with Crippen LogP contribution in [0.2, 0.25) is 0 Å². The molecule has 1 atom stereocenters. The van der Waals surface area contributed by atoms with Crippen molar-refractivity contribution in [1.82, 2.24) is 15.0 Å². The standard InChI is InChI=1S/C12H15BrN4/c1-17-6-5-15-12(17)8-11(16-14)9-3-2-4-10(13)7-9/h2-7,11,16H,8,14H2,1H3. The lowest BCUT2D eigenvalue weighted by Gasteiger charge is -2.16. The van der Waals surface area contributed by atoms with Crippen LogP contribution in [0.3, 0.4) is 0 Å². The number of nitrogens with two attached hydrogens (primary N) is 1. The van der Waals surface area contributed by atoms with E-state index in [9.17, 15) is 0 Å². The van der Waals surface area contributed by atoms with Crippen molar-refractivity contribution in [2.24, 2.45) is 12.9 Å². The first-order valence-electron chi connectivity index (χ1n) is 5.38. The van der Waals surface area contributed by atoms with E-state index in [0.717, 1.165) is 22.3 Å². The van der Waals surface area contributed by atoms with Crippen molar-refractivity contribution >= 4 is 15.9 Å². The van der Waals surface area contributed by atoms with E-state index in [1.807, 2.05) is 29.9 Å². The van der Waals surface area contributed by atoms with Crippen LogP contribution in [-0.4, -0.2) is 9.55 Å². The molecule has 0 saturated carbocycles. The van der Waals surface area contributed by atoms with E-state index in [-0.39, 0.29) is 6.04 Å². The number of rotatable bonds is 4. The number of hydrogen-bond acceptors (Lipinski definition) is 3. The number of aromatic nitrogens is 2. The Morgan fingerprint density at radius 3 is 2.94 bits per heavy atom. The molecule has 5 heteroatoms. The number of imidazole rings is 1. The Hall–Kier alpha value is -1.17. The molecule has 3 N–H and O–H groups in total. The Bertz CT molecular complexity index is 495. The molecule has 1 unspecified atom stereocenters. The van der Waals surface area contributed by atoms with Crippen LogP contribution in [-0.2, 0) is 13.5 Å². The molecule has 1 aromatic carbocycles. The van der Waals surface area contributed by atoms with Gasteiger partial charge in [-0.25, -0.2) is 4.98 Å². The average molecular weight is 295 g/mol. The molecule has 1 aromatic heterocycles. The number of aryl methyl sites for hydroxylation is 1. The van der Waals surface area contributed by atoms with Crippen molar-refractivity contribution in [2.45, 2.75) is 12.5 Å². The van der Waals surface area contributed by atoms with Gasteiger partial charge in [-0.3, -0.25) is 11.3 Å². The zero-order chi connectivity index (χ0) is 12.3. The van der Waals surface area contributed by atoms with Crippen molar-refractivity contribution in [2.75, 3.05) is 0 Å². The SMILES string of the molecule is Cn1ccnc1CC(NN)c1cccc(Br)c1. The molecule has 0 spiro atoms. The van der Waals surface area contributed by atoms with Gasteiger partial charge in [-0.15, -0.1) is 0 Å². The Labute approximate surface area is 109 Å². The molecule has 90 valence electrons. The summed E-state index contributed by atoms with van der Waals surface area (Å²) >= 11 is 3.46. The summed E-state index contributed by atoms with van der Waals surface area (Å²) in [6, 6.07) is 8.18. The molecule has 17 heavy (non-hydrogen) atoms. The molecular weight excluding hydrogens is 280 g/mol. The Kier molecular flexibility index (Phi) is 3.93. The molecule has 1 heterocycles. The van der Waals surface area contributed by atoms with Gasteiger partial charge in [-0.1, -0.05) is 28.1 Å². The molecule has 0 aliphatic heterocycles. The molecule has 0 fully saturated rings. The molecule has 2 rings (SSSR count). The van der Waals surface area contributed by atoms with Gasteiger partial charge < -0.3 is 4.57 Å². The summed E-state index contributed by atoms with van der Waals surface area (Å²) in [7, 11) is 1.98. The molecule has 0 aliphatic carbocycles. The molecule has 0 amide bonds. The largest absolute Gasteiger partial charge is 0.338 e. The van der Waals surface area contributed by atoms with E-state index in [1.54, 1.807) is 6.20 Å². The van der Waals surface area contributed by atoms with Gasteiger partial charge in [-0.05, 0) is 17.7 Å². The van der Waals surface area contributed by atoms with E-state index < -0.39 is 0 Å². The van der Waals surface area contributed by atoms with Crippen molar-refractivity contribution < 1.29 is 0 Å². The predicted molar refractivity (Wildman–Crippen MR) is 71.1 cm³/mol. The maximum absolute atomic E-state index is 5.62. The smallest absolute Gasteiger partial charge is 0.110 e. The summed E-state index contributed by atoms with van der Waals surface area (Å²) in [5, 5.41) is 0. The number of nitrogens with zero attached hydrogens (tertiary/aromatic N) is 2. The highest BCUT2D eigenvalue weighted by atomic mass is 79.9. The molecular formula is C12H15BrN4. The highest BCUT2D eigenvalue weighted by Crippen LogP contribution is 2.20. The van der Waals surface area contributed by atoms with Gasteiger partial charge >= 0.3 is 0 Å². The van der Waals surface area contributed by atoms with Gasteiger partial charge in [0.2, 0.25) is 0 Å². The summed E-state index contributed by atoms with van der Waals surface area (Å²) in [6.07, 6.45) is 4.49. The van der Waals surface area contributed by atoms with Crippen molar-refractivity contribution in [3.05, 3.63) is 52.5 Å². The van der Waals surface area contributed by atoms with Crippen molar-refractivity contribution in [3.63, 3.8) is 0 Å². The van der Waals surface area contributed by atoms with Gasteiger partial charge in [-0.2, -0.15) is 0 Å². The first-order chi connectivity index (χ1) is 8.20. The second-order valence-electron chi connectivity index (χ2n) is 3.93. The number of hydrazine groups is 1. The lowest BCUT2D eigenvalue weighted by Crippen LogP contribution is -2.30. The van der Waals surface area contributed by atoms with Crippen molar-refractivity contribution in [3.8, 4) is 0 Å². The second-order valence-corrected chi connectivity index (χ2v) is 4.85. The fourth-order valence-electron chi connectivity index (χ4n) is 1.77. The van der Waals surface area contributed by atoms with Crippen LogP contribution in [0.15, 0.2) is 41.1 Å². The monoisotopic (exact) mass is 294 g/mol. The van der Waals surface area contributed by atoms with Crippen LogP contribution in [0.5, 0.6) is 0 Å². The van der Waals surface area contributed by atoms with E-state index in [1.165, 1.54) is 0 Å². The first-order valence-corrected chi connectivity index (χ1v) is 6.18. The van der Waals surface area contributed by atoms with Crippen LogP contribution in [0.25, 0.3) is 0 Å². The van der Waals surface area contributed by atoms with E-state index in [2.05, 4.69) is 38.5 Å². The van der Waals surface area contributed by atoms with E-state index in [0.29, 0.717) is 0 Å². The second kappa shape index (κ2) is 5.44. The van der Waals surface area contributed by atoms with Gasteiger partial charge in [0, 0.05) is 30.3 Å². The Balaban J connectivity index is 2.20. The van der Waals surface area contributed by atoms with E-state index >= 15 is 0 Å². The molecule has 0 bridgehead atoms. The highest BCUT2D eigenvalue weighted by Gasteiger charge is 2.13. The third kappa shape index (κ3) is 2.94. The van der Waals surface area contributed by atoms with Crippen LogP contribution < -0.4 is 11.3 Å². The zero-order valence-electron chi connectivity index (χ0n) is 9.60. The number of benzene rings is 1. The van der Waals surface area contributed by atoms with Gasteiger partial charge in [0.15, 0.2) is 0 Å². The third-order valence-corrected chi connectivity index (χ3v) is 3.25. The lowest BCUT2D eigenvalue weighted by atomic mass is 10.0. The normalized spacial score (nSPS) is 12.6. The van der Waals surface area contributed by atoms with Gasteiger partial charge in [0.25, 0.3) is 0 Å². The molecule has 0 radical (unpaired) electrons. The Morgan fingerprint density at radius 1 is 1.53 bits per heavy atom. The highest BCUT2D eigenvalue weighted by molar-refractivity contribution is 9.10. The molecule has 4 nitrogen and oxygen atoms in total. The van der Waals surface area contributed by atoms with Gasteiger partial charge in [0.1, 0.15) is 5.82 Å². The van der Waals surface area contributed by atoms with Crippen LogP contribution >= 0.6 is 15.9 Å². The third-order valence-electron chi connectivity index (χ3n) is 2.76. The van der Waals surface area contributed by atoms with Crippen LogP contribution in [0.4, 0.5) is 0 Å². The molecule has 0 saturated heterocycles. The fourth-order valence-corrected chi connectivity index (χ4v) is 2.19. The summed E-state index contributed by atoms with van der Waals surface area (Å²) in [4.78, 5) is 4.31. The Morgan fingerprint density at radius 2 is 2.35 bits per heavy atom. The van der Waals surface area contributed by atoms with Gasteiger partial charge in [0.05, 0.1) is 6.04 Å². The summed E-state index contributed by atoms with van der Waals surface area (Å²) in [5.74, 6) is 6.63. The first kappa shape index (κ1) is 12.3. The zero-order valence-corrected chi connectivity index (χ0v) is 11.2. The number of hydrogen-bond donors (Lipinski definition) is 2. The van der Waals surface area contributed by atoms with Crippen molar-refractivity contribution in [1.29, 1.82) is 0 Å². The van der Waals surface area contributed by atoms with Crippen LogP contribution in [0.1, 0.15) is 17.4 Å². The lowest BCUT2D eigenvalue weighted by molar-refractivity contribution is 0.530. The fraction of sp³-hybridized carbons (Fsp3) is 0.250. The van der Waals surface area contributed by atoms with E-state index in [4.69, 9.17) is 5.84 Å². The molecule has 0 aliphatic rings. The quantitative estimate of drug-likeness (QED) is 0.669. The topological polar surface area (TPSA) is 55.9 Å². The average Bonchev–Trinajstić information content (AvgIpc) is 2.71. The number of halogens is 1. The number of nitrogens with one attached hydrogen (secondary N) is 1. The van der Waals surface area contributed by atoms with Crippen LogP contribution in [0, 0.1) is 0 Å². The summed E-state index contributed by atoms with van der Waals surface area (Å²) in [6.45, 7) is 0.